The van der Waals surface area contributed by atoms with Crippen LogP contribution in [0.25, 0.3) is 0 Å². The fraction of sp³-hybridized carbons (Fsp3) is 0.731. The van der Waals surface area contributed by atoms with E-state index in [1.807, 2.05) is 0 Å². The predicted octanol–water partition coefficient (Wildman–Crippen LogP) is 2.08. The van der Waals surface area contributed by atoms with Gasteiger partial charge in [0.15, 0.2) is 12.2 Å². The van der Waals surface area contributed by atoms with Gasteiger partial charge in [0, 0.05) is 44.7 Å². The van der Waals surface area contributed by atoms with Crippen LogP contribution < -0.4 is 32.8 Å². The van der Waals surface area contributed by atoms with E-state index in [4.69, 9.17) is 4.74 Å². The maximum absolute atomic E-state index is 11.9. The molecule has 0 aliphatic carbocycles. The van der Waals surface area contributed by atoms with Crippen molar-refractivity contribution in [1.82, 2.24) is 9.55 Å². The second kappa shape index (κ2) is 18.1. The van der Waals surface area contributed by atoms with E-state index in [1.165, 1.54) is 74.8 Å². The lowest BCUT2D eigenvalue weighted by atomic mass is 10.1. The minimum absolute atomic E-state index is 0. The molecule has 6 nitrogen and oxygen atoms in total. The first-order chi connectivity index (χ1) is 16.0. The number of aromatic nitrogens is 3. The lowest BCUT2D eigenvalue weighted by Crippen LogP contribution is -3.00. The molecule has 0 aliphatic heterocycles. The summed E-state index contributed by atoms with van der Waals surface area (Å²) in [4.78, 5) is 27.1. The number of nitrogens with one attached hydrogen (secondary N) is 1. The zero-order chi connectivity index (χ0) is 23.9. The van der Waals surface area contributed by atoms with Crippen LogP contribution in [-0.2, 0) is 24.2 Å². The number of ether oxygens (including phenoxy) is 1. The summed E-state index contributed by atoms with van der Waals surface area (Å²) in [6.07, 6.45) is 16.9. The van der Waals surface area contributed by atoms with Gasteiger partial charge in [-0.15, -0.1) is 0 Å². The number of unbranched alkanes of at least 4 members (excludes halogenated alkanes) is 9. The van der Waals surface area contributed by atoms with Gasteiger partial charge in [0.05, 0.1) is 11.5 Å². The molecule has 2 rings (SSSR count). The van der Waals surface area contributed by atoms with E-state index < -0.39 is 0 Å². The second-order valence-corrected chi connectivity index (χ2v) is 10.0. The minimum Gasteiger partial charge on any atom is -1.00 e. The van der Waals surface area contributed by atoms with Gasteiger partial charge in [-0.05, 0) is 13.3 Å². The first kappa shape index (κ1) is 30.8. The van der Waals surface area contributed by atoms with Crippen LogP contribution in [0.15, 0.2) is 21.3 Å². The summed E-state index contributed by atoms with van der Waals surface area (Å²) in [5.74, 6) is 0. The fourth-order valence-corrected chi connectivity index (χ4v) is 5.07. The number of nitrogens with zero attached hydrogens (tertiary/aromatic N) is 2. The number of aryl methyl sites for hydroxylation is 3. The zero-order valence-electron chi connectivity index (χ0n) is 21.4. The van der Waals surface area contributed by atoms with E-state index in [0.29, 0.717) is 12.1 Å². The molecule has 0 aliphatic rings. The van der Waals surface area contributed by atoms with E-state index in [9.17, 15) is 9.59 Å². The zero-order valence-corrected chi connectivity index (χ0v) is 23.8. The number of halogens is 1. The number of hydrogen-bond acceptors (Lipinski definition) is 4. The Bertz CT molecular complexity index is 923. The van der Waals surface area contributed by atoms with Crippen LogP contribution in [-0.4, -0.2) is 22.8 Å². The SMILES string of the molecule is CCCCCCCCCCCCOCCc1sc[n+](CCCn2cc(C)c(=O)[nH]c2=O)c1C.[Br-]. The van der Waals surface area contributed by atoms with Crippen LogP contribution >= 0.6 is 11.3 Å². The van der Waals surface area contributed by atoms with Crippen molar-refractivity contribution in [3.8, 4) is 0 Å². The van der Waals surface area contributed by atoms with E-state index in [2.05, 4.69) is 28.9 Å². The van der Waals surface area contributed by atoms with Gasteiger partial charge < -0.3 is 26.3 Å². The van der Waals surface area contributed by atoms with Crippen molar-refractivity contribution in [3.05, 3.63) is 48.7 Å². The molecule has 0 fully saturated rings. The molecule has 0 spiro atoms. The number of rotatable bonds is 18. The molecule has 0 unspecified atom stereocenters. The molecule has 2 heterocycles. The highest BCUT2D eigenvalue weighted by Gasteiger charge is 2.15. The fourth-order valence-electron chi connectivity index (χ4n) is 4.07. The van der Waals surface area contributed by atoms with Crippen LogP contribution in [0.2, 0.25) is 0 Å². The Morgan fingerprint density at radius 2 is 1.59 bits per heavy atom. The highest BCUT2D eigenvalue weighted by molar-refractivity contribution is 7.09. The number of thiazole rings is 1. The van der Waals surface area contributed by atoms with E-state index in [1.54, 1.807) is 29.0 Å². The predicted molar refractivity (Wildman–Crippen MR) is 136 cm³/mol. The van der Waals surface area contributed by atoms with E-state index in [0.717, 1.165) is 32.6 Å². The summed E-state index contributed by atoms with van der Waals surface area (Å²) in [7, 11) is 0. The molecule has 0 saturated heterocycles. The molecule has 194 valence electrons. The van der Waals surface area contributed by atoms with E-state index >= 15 is 0 Å². The van der Waals surface area contributed by atoms with Gasteiger partial charge in [-0.1, -0.05) is 76.0 Å². The molecule has 0 bridgehead atoms. The first-order valence-corrected chi connectivity index (χ1v) is 13.8. The summed E-state index contributed by atoms with van der Waals surface area (Å²) in [5, 5.41) is 0. The maximum Gasteiger partial charge on any atom is 0.328 e. The Morgan fingerprint density at radius 3 is 2.26 bits per heavy atom. The summed E-state index contributed by atoms with van der Waals surface area (Å²) in [6, 6.07) is 0. The summed E-state index contributed by atoms with van der Waals surface area (Å²) >= 11 is 1.78. The summed E-state index contributed by atoms with van der Waals surface area (Å²) < 4.78 is 9.72. The number of H-pyrrole nitrogens is 1. The molecule has 2 aromatic heterocycles. The van der Waals surface area contributed by atoms with Gasteiger partial charge in [-0.25, -0.2) is 4.79 Å². The molecular weight excluding hydrogens is 514 g/mol. The Hall–Kier alpha value is -1.25. The van der Waals surface area contributed by atoms with Crippen molar-refractivity contribution >= 4 is 11.3 Å². The lowest BCUT2D eigenvalue weighted by Gasteiger charge is -2.05. The average Bonchev–Trinajstić information content (AvgIpc) is 3.14. The smallest absolute Gasteiger partial charge is 0.328 e. The highest BCUT2D eigenvalue weighted by atomic mass is 79.9. The second-order valence-electron chi connectivity index (χ2n) is 9.09. The Balaban J connectivity index is 0.00000578. The Labute approximate surface area is 219 Å². The van der Waals surface area contributed by atoms with Gasteiger partial charge in [0.1, 0.15) is 0 Å². The van der Waals surface area contributed by atoms with Crippen LogP contribution in [0, 0.1) is 13.8 Å². The third kappa shape index (κ3) is 11.5. The van der Waals surface area contributed by atoms with E-state index in [-0.39, 0.29) is 28.2 Å². The van der Waals surface area contributed by atoms with Gasteiger partial charge >= 0.3 is 5.69 Å². The normalized spacial score (nSPS) is 11.0. The highest BCUT2D eigenvalue weighted by Crippen LogP contribution is 2.13. The number of hydrogen-bond donors (Lipinski definition) is 1. The van der Waals surface area contributed by atoms with Crippen molar-refractivity contribution in [2.45, 2.75) is 111 Å². The van der Waals surface area contributed by atoms with Crippen molar-refractivity contribution in [2.75, 3.05) is 13.2 Å². The van der Waals surface area contributed by atoms with Crippen molar-refractivity contribution in [1.29, 1.82) is 0 Å². The molecular formula is C26H44BrN3O3S. The molecule has 1 N–H and O–H groups in total. The Kier molecular flexibility index (Phi) is 16.4. The van der Waals surface area contributed by atoms with Crippen molar-refractivity contribution in [2.24, 2.45) is 0 Å². The van der Waals surface area contributed by atoms with Crippen molar-refractivity contribution < 1.29 is 26.3 Å². The van der Waals surface area contributed by atoms with Crippen LogP contribution in [0.3, 0.4) is 0 Å². The molecule has 8 heteroatoms. The average molecular weight is 559 g/mol. The topological polar surface area (TPSA) is 68.0 Å². The number of aromatic amines is 1. The molecule has 0 radical (unpaired) electrons. The van der Waals surface area contributed by atoms with Crippen LogP contribution in [0.4, 0.5) is 0 Å². The lowest BCUT2D eigenvalue weighted by molar-refractivity contribution is -0.698. The van der Waals surface area contributed by atoms with Crippen LogP contribution in [0.1, 0.15) is 93.7 Å². The monoisotopic (exact) mass is 557 g/mol. The quantitative estimate of drug-likeness (QED) is 0.225. The summed E-state index contributed by atoms with van der Waals surface area (Å²) in [5.41, 5.74) is 3.37. The largest absolute Gasteiger partial charge is 1.00 e. The minimum atomic E-state index is -0.335. The van der Waals surface area contributed by atoms with Gasteiger partial charge in [-0.2, -0.15) is 4.57 Å². The van der Waals surface area contributed by atoms with Gasteiger partial charge in [-0.3, -0.25) is 9.78 Å². The standard InChI is InChI=1S/C26H43N3O3S.BrH/c1-4-5-6-7-8-9-10-11-12-13-18-32-19-15-24-23(3)29(21-33-24)17-14-16-28-20-22(2)25(30)27-26(28)31;/h20-21H,4-19H2,1-3H3;1H. The van der Waals surface area contributed by atoms with Crippen LogP contribution in [0.5, 0.6) is 0 Å². The molecule has 0 aromatic carbocycles. The molecule has 34 heavy (non-hydrogen) atoms. The van der Waals surface area contributed by atoms with Gasteiger partial charge in [0.2, 0.25) is 5.51 Å². The molecule has 0 saturated carbocycles. The van der Waals surface area contributed by atoms with Gasteiger partial charge in [0.25, 0.3) is 5.56 Å². The third-order valence-corrected chi connectivity index (χ3v) is 7.40. The Morgan fingerprint density at radius 1 is 0.941 bits per heavy atom. The summed E-state index contributed by atoms with van der Waals surface area (Å²) in [6.45, 7) is 9.25. The van der Waals surface area contributed by atoms with Crippen molar-refractivity contribution in [3.63, 3.8) is 0 Å². The molecule has 0 atom stereocenters. The third-order valence-electron chi connectivity index (χ3n) is 6.26. The molecule has 2 aromatic rings. The maximum atomic E-state index is 11.9. The molecule has 0 amide bonds. The first-order valence-electron chi connectivity index (χ1n) is 12.9.